The largest absolute Gasteiger partial charge is 0.465 e. The van der Waals surface area contributed by atoms with Crippen LogP contribution in [-0.2, 0) is 9.53 Å². The third kappa shape index (κ3) is 6.17. The van der Waals surface area contributed by atoms with E-state index < -0.39 is 7.92 Å². The minimum Gasteiger partial charge on any atom is -0.465 e. The number of carbonyl (C=O) groups excluding carboxylic acids is 1. The molecule has 0 N–H and O–H groups in total. The summed E-state index contributed by atoms with van der Waals surface area (Å²) < 4.78 is 5.76. The zero-order valence-corrected chi connectivity index (χ0v) is 20.8. The number of allylic oxidation sites excluding steroid dienone is 2. The van der Waals surface area contributed by atoms with Crippen LogP contribution in [0.2, 0.25) is 0 Å². The minimum absolute atomic E-state index is 0.0475. The number of benzene rings is 2. The van der Waals surface area contributed by atoms with Crippen molar-refractivity contribution in [1.82, 2.24) is 0 Å². The van der Waals surface area contributed by atoms with Crippen molar-refractivity contribution in [3.05, 3.63) is 82.5 Å². The summed E-state index contributed by atoms with van der Waals surface area (Å²) in [5, 5.41) is 2.70. The molecule has 0 aromatic heterocycles. The third-order valence-corrected chi connectivity index (χ3v) is 7.97. The van der Waals surface area contributed by atoms with Crippen LogP contribution in [0.3, 0.4) is 0 Å². The molecule has 0 spiro atoms. The van der Waals surface area contributed by atoms with Crippen LogP contribution in [0.5, 0.6) is 0 Å². The first-order chi connectivity index (χ1) is 14.5. The molecule has 0 radical (unpaired) electrons. The average molecular weight is 435 g/mol. The van der Waals surface area contributed by atoms with Crippen molar-refractivity contribution in [3.63, 3.8) is 0 Å². The minimum atomic E-state index is -0.597. The van der Waals surface area contributed by atoms with Crippen molar-refractivity contribution in [3.8, 4) is 0 Å². The number of carbonyl (C=O) groups is 1. The van der Waals surface area contributed by atoms with Gasteiger partial charge in [0.25, 0.3) is 0 Å². The molecule has 0 bridgehead atoms. The Kier molecular flexibility index (Phi) is 7.22. The third-order valence-electron chi connectivity index (χ3n) is 5.58. The van der Waals surface area contributed by atoms with Crippen molar-refractivity contribution in [2.45, 2.75) is 48.5 Å². The van der Waals surface area contributed by atoms with E-state index in [1.54, 1.807) is 0 Å². The number of hydrogen-bond acceptors (Lipinski definition) is 2. The van der Waals surface area contributed by atoms with Gasteiger partial charge in [-0.15, -0.1) is 0 Å². The number of aryl methyl sites for hydroxylation is 4. The van der Waals surface area contributed by atoms with E-state index >= 15 is 0 Å². The second-order valence-corrected chi connectivity index (χ2v) is 12.1. The van der Waals surface area contributed by atoms with E-state index in [2.05, 4.69) is 90.9 Å². The van der Waals surface area contributed by atoms with Crippen LogP contribution in [0, 0.1) is 39.0 Å². The molecule has 31 heavy (non-hydrogen) atoms. The highest BCUT2D eigenvalue weighted by molar-refractivity contribution is 7.73. The van der Waals surface area contributed by atoms with Crippen molar-refractivity contribution in [1.29, 1.82) is 0 Å². The first kappa shape index (κ1) is 23.5. The van der Waals surface area contributed by atoms with Gasteiger partial charge in [0.2, 0.25) is 0 Å². The van der Waals surface area contributed by atoms with Gasteiger partial charge in [0.1, 0.15) is 0 Å². The second-order valence-electron chi connectivity index (χ2n) is 9.77. The lowest BCUT2D eigenvalue weighted by molar-refractivity contribution is -0.144. The van der Waals surface area contributed by atoms with E-state index in [0.717, 1.165) is 6.16 Å². The molecule has 3 heteroatoms. The van der Waals surface area contributed by atoms with Crippen LogP contribution in [0.25, 0.3) is 0 Å². The molecule has 1 aliphatic carbocycles. The summed E-state index contributed by atoms with van der Waals surface area (Å²) in [5.41, 5.74) is 6.35. The maximum Gasteiger partial charge on any atom is 0.316 e. The molecule has 0 heterocycles. The lowest BCUT2D eigenvalue weighted by atomic mass is 9.87. The quantitative estimate of drug-likeness (QED) is 0.408. The molecule has 2 nitrogen and oxygen atoms in total. The molecule has 0 saturated carbocycles. The topological polar surface area (TPSA) is 26.3 Å². The summed E-state index contributed by atoms with van der Waals surface area (Å²) in [6, 6.07) is 13.6. The summed E-state index contributed by atoms with van der Waals surface area (Å²) >= 11 is 0. The van der Waals surface area contributed by atoms with E-state index in [4.69, 9.17) is 4.74 Å². The Hall–Kier alpha value is -2.18. The normalized spacial score (nSPS) is 16.0. The molecule has 0 amide bonds. The summed E-state index contributed by atoms with van der Waals surface area (Å²) in [6.45, 7) is 15.5. The fourth-order valence-electron chi connectivity index (χ4n) is 4.11. The van der Waals surface area contributed by atoms with Crippen LogP contribution in [0.4, 0.5) is 0 Å². The van der Waals surface area contributed by atoms with E-state index in [9.17, 15) is 4.79 Å². The molecule has 2 aromatic rings. The van der Waals surface area contributed by atoms with Crippen LogP contribution in [0.15, 0.2) is 60.2 Å². The van der Waals surface area contributed by atoms with Crippen molar-refractivity contribution in [2.75, 3.05) is 12.8 Å². The second kappa shape index (κ2) is 9.53. The molecule has 2 aromatic carbocycles. The van der Waals surface area contributed by atoms with Crippen molar-refractivity contribution < 1.29 is 9.53 Å². The average Bonchev–Trinajstić information content (AvgIpc) is 3.14. The van der Waals surface area contributed by atoms with Gasteiger partial charge in [-0.25, -0.2) is 0 Å². The fraction of sp³-hybridized carbons (Fsp3) is 0.393. The molecular formula is C28H35O2P. The Morgan fingerprint density at radius 3 is 1.77 bits per heavy atom. The first-order valence-electron chi connectivity index (χ1n) is 11.0. The molecule has 1 atom stereocenters. The Morgan fingerprint density at radius 1 is 0.871 bits per heavy atom. The number of ether oxygens (including phenoxy) is 1. The van der Waals surface area contributed by atoms with Gasteiger partial charge >= 0.3 is 5.97 Å². The molecule has 3 rings (SSSR count). The zero-order valence-electron chi connectivity index (χ0n) is 20.0. The predicted octanol–water partition coefficient (Wildman–Crippen LogP) is 6.05. The lowest BCUT2D eigenvalue weighted by Gasteiger charge is -2.21. The Balaban J connectivity index is 1.76. The SMILES string of the molecule is Cc1cc(C)cc(P(CCOC(=O)C2C=CC(C(C)(C)C)=C2)c2cc(C)cc(C)c2)c1. The fourth-order valence-corrected chi connectivity index (χ4v) is 6.64. The Labute approximate surface area is 189 Å². The molecule has 1 unspecified atom stereocenters. The van der Waals surface area contributed by atoms with Gasteiger partial charge in [-0.05, 0) is 57.2 Å². The van der Waals surface area contributed by atoms with Gasteiger partial charge in [0.05, 0.1) is 12.5 Å². The smallest absolute Gasteiger partial charge is 0.316 e. The summed E-state index contributed by atoms with van der Waals surface area (Å²) in [5.74, 6) is -0.408. The maximum absolute atomic E-state index is 12.7. The summed E-state index contributed by atoms with van der Waals surface area (Å²) in [6.07, 6.45) is 6.89. The summed E-state index contributed by atoms with van der Waals surface area (Å²) in [7, 11) is -0.597. The van der Waals surface area contributed by atoms with Gasteiger partial charge in [0.15, 0.2) is 0 Å². The number of hydrogen-bond donors (Lipinski definition) is 0. The van der Waals surface area contributed by atoms with Crippen LogP contribution >= 0.6 is 7.92 Å². The highest BCUT2D eigenvalue weighted by Gasteiger charge is 2.25. The highest BCUT2D eigenvalue weighted by atomic mass is 31.1. The lowest BCUT2D eigenvalue weighted by Crippen LogP contribution is -2.21. The molecule has 0 saturated heterocycles. The maximum atomic E-state index is 12.7. The number of rotatable bonds is 6. The molecule has 164 valence electrons. The van der Waals surface area contributed by atoms with Gasteiger partial charge in [0, 0.05) is 6.16 Å². The standard InChI is InChI=1S/C28H35O2P/c1-19-12-20(2)15-25(14-19)31(26-16-21(3)13-22(4)17-26)11-10-30-27(29)23-8-9-24(18-23)28(5,6)7/h8-9,12-18,23H,10-11H2,1-7H3. The van der Waals surface area contributed by atoms with Crippen LogP contribution < -0.4 is 10.6 Å². The van der Waals surface area contributed by atoms with E-state index in [1.807, 2.05) is 12.2 Å². The molecule has 0 fully saturated rings. The van der Waals surface area contributed by atoms with Gasteiger partial charge < -0.3 is 4.74 Å². The van der Waals surface area contributed by atoms with Gasteiger partial charge in [-0.2, -0.15) is 0 Å². The van der Waals surface area contributed by atoms with Crippen molar-refractivity contribution >= 4 is 24.5 Å². The first-order valence-corrected chi connectivity index (χ1v) is 12.6. The van der Waals surface area contributed by atoms with Gasteiger partial charge in [-0.3, -0.25) is 4.79 Å². The monoisotopic (exact) mass is 434 g/mol. The Bertz CT molecular complexity index is 932. The molecular weight excluding hydrogens is 399 g/mol. The van der Waals surface area contributed by atoms with E-state index in [1.165, 1.54) is 38.4 Å². The van der Waals surface area contributed by atoms with Crippen LogP contribution in [0.1, 0.15) is 43.0 Å². The van der Waals surface area contributed by atoms with E-state index in [-0.39, 0.29) is 17.3 Å². The van der Waals surface area contributed by atoms with Crippen molar-refractivity contribution in [2.24, 2.45) is 11.3 Å². The summed E-state index contributed by atoms with van der Waals surface area (Å²) in [4.78, 5) is 12.7. The van der Waals surface area contributed by atoms with E-state index in [0.29, 0.717) is 6.61 Å². The predicted molar refractivity (Wildman–Crippen MR) is 134 cm³/mol. The van der Waals surface area contributed by atoms with Crippen LogP contribution in [-0.4, -0.2) is 18.7 Å². The molecule has 1 aliphatic rings. The highest BCUT2D eigenvalue weighted by Crippen LogP contribution is 2.35. The number of esters is 1. The van der Waals surface area contributed by atoms with Gasteiger partial charge in [-0.1, -0.05) is 97.7 Å². The Morgan fingerprint density at radius 2 is 1.35 bits per heavy atom. The molecule has 0 aliphatic heterocycles. The zero-order chi connectivity index (χ0) is 22.8.